The molecule has 0 aliphatic carbocycles. The molecule has 1 amide bonds. The quantitative estimate of drug-likeness (QED) is 0.559. The predicted molar refractivity (Wildman–Crippen MR) is 61.0 cm³/mol. The van der Waals surface area contributed by atoms with Crippen LogP contribution in [0.1, 0.15) is 10.4 Å². The summed E-state index contributed by atoms with van der Waals surface area (Å²) in [7, 11) is 0. The first kappa shape index (κ1) is 12.5. The van der Waals surface area contributed by atoms with Crippen LogP contribution in [0.15, 0.2) is 24.3 Å². The third kappa shape index (κ3) is 2.18. The van der Waals surface area contributed by atoms with Crippen LogP contribution in [0, 0.1) is 10.1 Å². The molecular formula is C11H12N2O5. The van der Waals surface area contributed by atoms with E-state index in [0.29, 0.717) is 0 Å². The summed E-state index contributed by atoms with van der Waals surface area (Å²) in [6, 6.07) is 5.61. The normalized spacial score (nSPS) is 23.1. The lowest BCUT2D eigenvalue weighted by atomic mass is 10.1. The minimum absolute atomic E-state index is 0.0218. The maximum atomic E-state index is 12.1. The van der Waals surface area contributed by atoms with E-state index >= 15 is 0 Å². The molecule has 1 aromatic carbocycles. The fourth-order valence-corrected chi connectivity index (χ4v) is 1.92. The van der Waals surface area contributed by atoms with E-state index in [1.807, 2.05) is 0 Å². The minimum Gasteiger partial charge on any atom is -0.388 e. The molecule has 1 aromatic rings. The highest BCUT2D eigenvalue weighted by atomic mass is 16.6. The Hall–Kier alpha value is -1.99. The molecule has 0 radical (unpaired) electrons. The molecule has 2 unspecified atom stereocenters. The summed E-state index contributed by atoms with van der Waals surface area (Å²) in [5, 5.41) is 29.5. The molecule has 2 atom stereocenters. The van der Waals surface area contributed by atoms with Crippen LogP contribution in [0.4, 0.5) is 5.69 Å². The van der Waals surface area contributed by atoms with E-state index in [1.54, 1.807) is 0 Å². The van der Waals surface area contributed by atoms with Gasteiger partial charge in [-0.3, -0.25) is 14.9 Å². The van der Waals surface area contributed by atoms with Crippen molar-refractivity contribution in [1.29, 1.82) is 0 Å². The van der Waals surface area contributed by atoms with Gasteiger partial charge in [-0.1, -0.05) is 12.1 Å². The van der Waals surface area contributed by atoms with Gasteiger partial charge in [0.15, 0.2) is 0 Å². The average molecular weight is 252 g/mol. The fraction of sp³-hybridized carbons (Fsp3) is 0.364. The molecule has 1 heterocycles. The average Bonchev–Trinajstić information content (AvgIpc) is 2.68. The lowest BCUT2D eigenvalue weighted by Crippen LogP contribution is -2.30. The van der Waals surface area contributed by atoms with Gasteiger partial charge in [0.25, 0.3) is 11.6 Å². The van der Waals surface area contributed by atoms with Gasteiger partial charge >= 0.3 is 0 Å². The summed E-state index contributed by atoms with van der Waals surface area (Å²) in [6.07, 6.45) is -2.01. The molecule has 2 N–H and O–H groups in total. The van der Waals surface area contributed by atoms with Crippen LogP contribution in [0.5, 0.6) is 0 Å². The number of nitrogens with zero attached hydrogens (tertiary/aromatic N) is 2. The summed E-state index contributed by atoms with van der Waals surface area (Å²) >= 11 is 0. The van der Waals surface area contributed by atoms with Crippen LogP contribution in [0.3, 0.4) is 0 Å². The van der Waals surface area contributed by atoms with E-state index in [4.69, 9.17) is 0 Å². The van der Waals surface area contributed by atoms with Crippen LogP contribution in [-0.4, -0.2) is 51.2 Å². The van der Waals surface area contributed by atoms with E-state index in [1.165, 1.54) is 29.2 Å². The van der Waals surface area contributed by atoms with Crippen molar-refractivity contribution >= 4 is 11.6 Å². The predicted octanol–water partition coefficient (Wildman–Crippen LogP) is -0.228. The van der Waals surface area contributed by atoms with Crippen molar-refractivity contribution < 1.29 is 19.9 Å². The monoisotopic (exact) mass is 252 g/mol. The van der Waals surface area contributed by atoms with E-state index in [0.717, 1.165) is 0 Å². The first-order chi connectivity index (χ1) is 8.50. The summed E-state index contributed by atoms with van der Waals surface area (Å²) < 4.78 is 0. The van der Waals surface area contributed by atoms with Gasteiger partial charge in [0.1, 0.15) is 5.56 Å². The molecule has 1 fully saturated rings. The van der Waals surface area contributed by atoms with Crippen molar-refractivity contribution in [1.82, 2.24) is 4.90 Å². The zero-order valence-electron chi connectivity index (χ0n) is 9.39. The van der Waals surface area contributed by atoms with Gasteiger partial charge < -0.3 is 15.1 Å². The molecule has 7 nitrogen and oxygen atoms in total. The Morgan fingerprint density at radius 3 is 2.39 bits per heavy atom. The zero-order valence-corrected chi connectivity index (χ0v) is 9.39. The van der Waals surface area contributed by atoms with Crippen LogP contribution in [0.25, 0.3) is 0 Å². The van der Waals surface area contributed by atoms with Crippen LogP contribution in [0.2, 0.25) is 0 Å². The number of nitro benzene ring substituents is 1. The largest absolute Gasteiger partial charge is 0.388 e. The Kier molecular flexibility index (Phi) is 3.26. The lowest BCUT2D eigenvalue weighted by molar-refractivity contribution is -0.385. The number of aliphatic hydroxyl groups excluding tert-OH is 2. The topological polar surface area (TPSA) is 104 Å². The molecular weight excluding hydrogens is 240 g/mol. The number of hydrogen-bond donors (Lipinski definition) is 2. The Morgan fingerprint density at radius 2 is 1.83 bits per heavy atom. The highest BCUT2D eigenvalue weighted by Crippen LogP contribution is 2.21. The van der Waals surface area contributed by atoms with E-state index < -0.39 is 23.0 Å². The molecule has 1 aliphatic rings. The molecule has 96 valence electrons. The number of likely N-dealkylation sites (tertiary alicyclic amines) is 1. The van der Waals surface area contributed by atoms with Crippen molar-refractivity contribution in [2.75, 3.05) is 13.1 Å². The number of carbonyl (C=O) groups excluding carboxylic acids is 1. The highest BCUT2D eigenvalue weighted by molar-refractivity contribution is 5.98. The number of carbonyl (C=O) groups is 1. The number of benzene rings is 1. The molecule has 0 bridgehead atoms. The molecule has 18 heavy (non-hydrogen) atoms. The van der Waals surface area contributed by atoms with Crippen molar-refractivity contribution in [3.8, 4) is 0 Å². The maximum absolute atomic E-state index is 12.1. The second-order valence-corrected chi connectivity index (χ2v) is 4.12. The molecule has 7 heteroatoms. The third-order valence-corrected chi connectivity index (χ3v) is 2.88. The van der Waals surface area contributed by atoms with Gasteiger partial charge in [0.05, 0.1) is 17.1 Å². The summed E-state index contributed by atoms with van der Waals surface area (Å²) in [5.74, 6) is -0.557. The number of amides is 1. The molecule has 0 saturated carbocycles. The SMILES string of the molecule is O=C(c1ccccc1[N+](=O)[O-])N1CC(O)C(O)C1. The van der Waals surface area contributed by atoms with Gasteiger partial charge in [0.2, 0.25) is 0 Å². The van der Waals surface area contributed by atoms with Crippen LogP contribution in [-0.2, 0) is 0 Å². The minimum atomic E-state index is -1.00. The van der Waals surface area contributed by atoms with Gasteiger partial charge in [-0.2, -0.15) is 0 Å². The molecule has 2 rings (SSSR count). The maximum Gasteiger partial charge on any atom is 0.282 e. The van der Waals surface area contributed by atoms with Crippen molar-refractivity contribution in [2.45, 2.75) is 12.2 Å². The number of nitro groups is 1. The number of hydrogen-bond acceptors (Lipinski definition) is 5. The Bertz CT molecular complexity index is 480. The summed E-state index contributed by atoms with van der Waals surface area (Å²) in [4.78, 5) is 23.4. The number of aliphatic hydroxyl groups is 2. The number of β-amino-alcohol motifs (C(OH)–C–C–N with tert-alkyl or cyclic N) is 2. The van der Waals surface area contributed by atoms with Crippen molar-refractivity contribution in [3.63, 3.8) is 0 Å². The lowest BCUT2D eigenvalue weighted by Gasteiger charge is -2.15. The van der Waals surface area contributed by atoms with E-state index in [-0.39, 0.29) is 24.3 Å². The Balaban J connectivity index is 2.27. The van der Waals surface area contributed by atoms with Gasteiger partial charge in [-0.05, 0) is 6.07 Å². The molecule has 1 saturated heterocycles. The second kappa shape index (κ2) is 4.71. The third-order valence-electron chi connectivity index (χ3n) is 2.88. The molecule has 0 spiro atoms. The van der Waals surface area contributed by atoms with E-state index in [2.05, 4.69) is 0 Å². The van der Waals surface area contributed by atoms with Crippen LogP contribution >= 0.6 is 0 Å². The van der Waals surface area contributed by atoms with Gasteiger partial charge in [0, 0.05) is 19.2 Å². The standard InChI is InChI=1S/C11H12N2O5/c14-9-5-12(6-10(9)15)11(16)7-3-1-2-4-8(7)13(17)18/h1-4,9-10,14-15H,5-6H2. The van der Waals surface area contributed by atoms with Gasteiger partial charge in [-0.15, -0.1) is 0 Å². The summed E-state index contributed by atoms with van der Waals surface area (Å²) in [6.45, 7) is -0.0436. The Morgan fingerprint density at radius 1 is 1.28 bits per heavy atom. The van der Waals surface area contributed by atoms with Crippen molar-refractivity contribution in [2.24, 2.45) is 0 Å². The van der Waals surface area contributed by atoms with Gasteiger partial charge in [-0.25, -0.2) is 0 Å². The number of rotatable bonds is 2. The van der Waals surface area contributed by atoms with Crippen molar-refractivity contribution in [3.05, 3.63) is 39.9 Å². The fourth-order valence-electron chi connectivity index (χ4n) is 1.92. The number of para-hydroxylation sites is 1. The summed E-state index contributed by atoms with van der Waals surface area (Å²) in [5.41, 5.74) is -0.317. The molecule has 1 aliphatic heterocycles. The highest BCUT2D eigenvalue weighted by Gasteiger charge is 2.34. The molecule has 0 aromatic heterocycles. The first-order valence-electron chi connectivity index (χ1n) is 5.39. The first-order valence-corrected chi connectivity index (χ1v) is 5.39. The smallest absolute Gasteiger partial charge is 0.282 e. The van der Waals surface area contributed by atoms with E-state index in [9.17, 15) is 25.1 Å². The second-order valence-electron chi connectivity index (χ2n) is 4.12. The zero-order chi connectivity index (χ0) is 13.3. The van der Waals surface area contributed by atoms with Crippen LogP contribution < -0.4 is 0 Å². The Labute approximate surface area is 102 Å².